The number of nitrogens with zero attached hydrogens (tertiary/aromatic N) is 1. The average Bonchev–Trinajstić information content (AvgIpc) is 2.75. The van der Waals surface area contributed by atoms with Gasteiger partial charge in [0.15, 0.2) is 5.96 Å². The largest absolute Gasteiger partial charge is 0.434 e. The molecule has 1 fully saturated rings. The highest BCUT2D eigenvalue weighted by molar-refractivity contribution is 14.0. The summed E-state index contributed by atoms with van der Waals surface area (Å²) in [5.41, 5.74) is 3.05. The van der Waals surface area contributed by atoms with Crippen molar-refractivity contribution in [1.29, 1.82) is 0 Å². The van der Waals surface area contributed by atoms with Gasteiger partial charge in [-0.15, -0.1) is 24.0 Å². The van der Waals surface area contributed by atoms with Crippen molar-refractivity contribution < 1.29 is 18.3 Å². The molecule has 2 N–H and O–H groups in total. The second-order valence-electron chi connectivity index (χ2n) is 7.40. The van der Waals surface area contributed by atoms with Crippen LogP contribution < -0.4 is 15.4 Å². The fourth-order valence-electron chi connectivity index (χ4n) is 3.67. The lowest BCUT2D eigenvalue weighted by molar-refractivity contribution is -0.0504. The molecule has 170 valence electrons. The molecule has 0 aromatic heterocycles. The molecular formula is C23H30F2IN3O2. The number of ether oxygens (including phenoxy) is 2. The van der Waals surface area contributed by atoms with Crippen molar-refractivity contribution in [3.05, 3.63) is 65.2 Å². The van der Waals surface area contributed by atoms with Crippen LogP contribution in [0.5, 0.6) is 5.75 Å². The summed E-state index contributed by atoms with van der Waals surface area (Å²) >= 11 is 0. The number of rotatable bonds is 7. The van der Waals surface area contributed by atoms with Crippen LogP contribution in [-0.2, 0) is 11.3 Å². The molecule has 0 bridgehead atoms. The summed E-state index contributed by atoms with van der Waals surface area (Å²) in [7, 11) is 1.69. The van der Waals surface area contributed by atoms with Gasteiger partial charge >= 0.3 is 6.61 Å². The van der Waals surface area contributed by atoms with E-state index in [1.54, 1.807) is 25.2 Å². The summed E-state index contributed by atoms with van der Waals surface area (Å²) in [5, 5.41) is 6.52. The molecule has 0 radical (unpaired) electrons. The number of hydrogen-bond acceptors (Lipinski definition) is 3. The molecule has 0 spiro atoms. The number of alkyl halides is 2. The van der Waals surface area contributed by atoms with Crippen LogP contribution in [0.2, 0.25) is 0 Å². The maximum Gasteiger partial charge on any atom is 0.387 e. The zero-order chi connectivity index (χ0) is 21.3. The van der Waals surface area contributed by atoms with Crippen LogP contribution in [0.3, 0.4) is 0 Å². The van der Waals surface area contributed by atoms with E-state index in [1.165, 1.54) is 17.2 Å². The van der Waals surface area contributed by atoms with E-state index in [4.69, 9.17) is 4.74 Å². The first-order chi connectivity index (χ1) is 14.6. The van der Waals surface area contributed by atoms with Crippen LogP contribution in [0.1, 0.15) is 35.6 Å². The number of hydrogen-bond donors (Lipinski definition) is 2. The zero-order valence-electron chi connectivity index (χ0n) is 17.8. The Morgan fingerprint density at radius 3 is 2.61 bits per heavy atom. The van der Waals surface area contributed by atoms with Gasteiger partial charge < -0.3 is 20.1 Å². The standard InChI is InChI=1S/C23H29F2N3O2.HI/c1-16-9-11-17(12-10-16)21-19(7-5-13-29-21)15-28-23(26-2)27-14-18-6-3-4-8-20(18)30-22(24)25;/h3-4,6,8-12,19,21-22H,5,7,13-15H2,1-2H3,(H2,26,27,28);1H. The van der Waals surface area contributed by atoms with Crippen molar-refractivity contribution >= 4 is 29.9 Å². The Bertz CT molecular complexity index is 834. The highest BCUT2D eigenvalue weighted by Crippen LogP contribution is 2.33. The topological polar surface area (TPSA) is 54.9 Å². The van der Waals surface area contributed by atoms with Crippen LogP contribution in [-0.4, -0.2) is 32.8 Å². The van der Waals surface area contributed by atoms with Gasteiger partial charge in [-0.1, -0.05) is 48.0 Å². The van der Waals surface area contributed by atoms with Crippen molar-refractivity contribution in [3.8, 4) is 5.75 Å². The quantitative estimate of drug-likeness (QED) is 0.291. The van der Waals surface area contributed by atoms with Gasteiger partial charge in [0, 0.05) is 38.2 Å². The summed E-state index contributed by atoms with van der Waals surface area (Å²) in [4.78, 5) is 4.25. The van der Waals surface area contributed by atoms with E-state index in [9.17, 15) is 8.78 Å². The predicted octanol–water partition coefficient (Wildman–Crippen LogP) is 5.05. The molecule has 3 rings (SSSR count). The molecule has 2 atom stereocenters. The Balaban J connectivity index is 0.00000341. The monoisotopic (exact) mass is 545 g/mol. The third-order valence-corrected chi connectivity index (χ3v) is 5.24. The third-order valence-electron chi connectivity index (χ3n) is 5.24. The molecule has 0 saturated carbocycles. The first kappa shape index (κ1) is 25.3. The minimum absolute atomic E-state index is 0. The van der Waals surface area contributed by atoms with Crippen LogP contribution in [0.4, 0.5) is 8.78 Å². The SMILES string of the molecule is CN=C(NCc1ccccc1OC(F)F)NCC1CCCOC1c1ccc(C)cc1.I. The minimum Gasteiger partial charge on any atom is -0.434 e. The van der Waals surface area contributed by atoms with E-state index in [2.05, 4.69) is 51.6 Å². The Kier molecular flexibility index (Phi) is 10.5. The second kappa shape index (κ2) is 12.8. The fourth-order valence-corrected chi connectivity index (χ4v) is 3.67. The Labute approximate surface area is 199 Å². The Morgan fingerprint density at radius 2 is 1.90 bits per heavy atom. The lowest BCUT2D eigenvalue weighted by Crippen LogP contribution is -2.41. The van der Waals surface area contributed by atoms with Crippen LogP contribution in [0.25, 0.3) is 0 Å². The molecule has 8 heteroatoms. The number of nitrogens with one attached hydrogen (secondary N) is 2. The molecule has 2 aromatic carbocycles. The van der Waals surface area contributed by atoms with E-state index in [1.807, 2.05) is 0 Å². The number of aryl methyl sites for hydroxylation is 1. The van der Waals surface area contributed by atoms with Gasteiger partial charge in [0.05, 0.1) is 6.10 Å². The summed E-state index contributed by atoms with van der Waals surface area (Å²) in [6.07, 6.45) is 2.14. The van der Waals surface area contributed by atoms with E-state index in [0.717, 1.165) is 19.4 Å². The summed E-state index contributed by atoms with van der Waals surface area (Å²) < 4.78 is 35.9. The van der Waals surface area contributed by atoms with Crippen LogP contribution in [0.15, 0.2) is 53.5 Å². The maximum absolute atomic E-state index is 12.6. The maximum atomic E-state index is 12.6. The smallest absolute Gasteiger partial charge is 0.387 e. The van der Waals surface area contributed by atoms with Gasteiger partial charge in [-0.25, -0.2) is 0 Å². The van der Waals surface area contributed by atoms with Gasteiger partial charge in [0.25, 0.3) is 0 Å². The molecule has 0 amide bonds. The molecule has 31 heavy (non-hydrogen) atoms. The number of para-hydroxylation sites is 1. The van der Waals surface area contributed by atoms with Crippen molar-refractivity contribution in [2.45, 2.75) is 39.0 Å². The predicted molar refractivity (Wildman–Crippen MR) is 129 cm³/mol. The number of halogens is 3. The summed E-state index contributed by atoms with van der Waals surface area (Å²) in [6.45, 7) is 1.01. The average molecular weight is 545 g/mol. The van der Waals surface area contributed by atoms with Gasteiger partial charge in [0.2, 0.25) is 0 Å². The van der Waals surface area contributed by atoms with Gasteiger partial charge in [0.1, 0.15) is 5.75 Å². The van der Waals surface area contributed by atoms with Crippen molar-refractivity contribution in [1.82, 2.24) is 10.6 Å². The Hall–Kier alpha value is -1.94. The third kappa shape index (κ3) is 7.60. The fraction of sp³-hybridized carbons (Fsp3) is 0.435. The highest BCUT2D eigenvalue weighted by Gasteiger charge is 2.27. The second-order valence-corrected chi connectivity index (χ2v) is 7.40. The molecule has 2 unspecified atom stereocenters. The van der Waals surface area contributed by atoms with Crippen LogP contribution in [0, 0.1) is 12.8 Å². The van der Waals surface area contributed by atoms with E-state index in [-0.39, 0.29) is 35.8 Å². The lowest BCUT2D eigenvalue weighted by Gasteiger charge is -2.32. The van der Waals surface area contributed by atoms with Gasteiger partial charge in [-0.2, -0.15) is 8.78 Å². The minimum atomic E-state index is -2.85. The van der Waals surface area contributed by atoms with Gasteiger partial charge in [-0.3, -0.25) is 4.99 Å². The van der Waals surface area contributed by atoms with Crippen LogP contribution >= 0.6 is 24.0 Å². The number of aliphatic imine (C=N–C) groups is 1. The normalized spacial score (nSPS) is 18.9. The first-order valence-corrected chi connectivity index (χ1v) is 10.2. The molecule has 1 heterocycles. The van der Waals surface area contributed by atoms with E-state index in [0.29, 0.717) is 30.5 Å². The molecule has 5 nitrogen and oxygen atoms in total. The molecule has 0 aliphatic carbocycles. The zero-order valence-corrected chi connectivity index (χ0v) is 20.1. The number of guanidine groups is 1. The summed E-state index contributed by atoms with van der Waals surface area (Å²) in [6, 6.07) is 15.2. The molecule has 1 aliphatic heterocycles. The Morgan fingerprint density at radius 1 is 1.16 bits per heavy atom. The first-order valence-electron chi connectivity index (χ1n) is 10.2. The van der Waals surface area contributed by atoms with Crippen molar-refractivity contribution in [2.75, 3.05) is 20.2 Å². The van der Waals surface area contributed by atoms with Crippen molar-refractivity contribution in [2.24, 2.45) is 10.9 Å². The molecule has 2 aromatic rings. The van der Waals surface area contributed by atoms with E-state index < -0.39 is 6.61 Å². The lowest BCUT2D eigenvalue weighted by atomic mass is 9.89. The molecule has 1 aliphatic rings. The molecular weight excluding hydrogens is 515 g/mol. The van der Waals surface area contributed by atoms with E-state index >= 15 is 0 Å². The molecule has 1 saturated heterocycles. The summed E-state index contributed by atoms with van der Waals surface area (Å²) in [5.74, 6) is 1.08. The van der Waals surface area contributed by atoms with Crippen molar-refractivity contribution in [3.63, 3.8) is 0 Å². The number of benzene rings is 2. The highest BCUT2D eigenvalue weighted by atomic mass is 127. The van der Waals surface area contributed by atoms with Gasteiger partial charge in [-0.05, 0) is 31.4 Å².